The number of benzene rings is 1. The molecule has 1 aromatic carbocycles. The van der Waals surface area contributed by atoms with Crippen LogP contribution in [-0.2, 0) is 11.3 Å². The minimum Gasteiger partial charge on any atom is -0.497 e. The van der Waals surface area contributed by atoms with Gasteiger partial charge in [-0.25, -0.2) is 9.48 Å². The van der Waals surface area contributed by atoms with E-state index in [0.717, 1.165) is 22.4 Å². The normalized spacial score (nSPS) is 13.7. The Morgan fingerprint density at radius 3 is 2.00 bits per heavy atom. The number of carboxylic acids is 1. The maximum absolute atomic E-state index is 13.3. The van der Waals surface area contributed by atoms with Gasteiger partial charge in [-0.2, -0.15) is 17.7 Å². The number of nitrogens with one attached hydrogen (secondary N) is 1. The molecule has 38 heavy (non-hydrogen) atoms. The monoisotopic (exact) mass is 581 g/mol. The number of ketones is 1. The first-order chi connectivity index (χ1) is 17.0. The van der Waals surface area contributed by atoms with Crippen molar-refractivity contribution >= 4 is 27.6 Å². The summed E-state index contributed by atoms with van der Waals surface area (Å²) in [6.07, 6.45) is -5.08. The maximum atomic E-state index is 13.3. The summed E-state index contributed by atoms with van der Waals surface area (Å²) >= 11 is 0. The molecule has 2 aromatic heterocycles. The number of hydrogen-bond donors (Lipinski definition) is 2. The number of carbonyl (C=O) groups excluding carboxylic acids is 1. The third kappa shape index (κ3) is 6.69. The number of alkyl halides is 3. The molecule has 2 heterocycles. The number of methoxy groups -OCH3 is 2. The van der Waals surface area contributed by atoms with Crippen LogP contribution in [0.5, 0.6) is 11.6 Å². The van der Waals surface area contributed by atoms with Crippen LogP contribution < -0.4 is 15.1 Å². The summed E-state index contributed by atoms with van der Waals surface area (Å²) in [6.45, 7) is 2.72. The summed E-state index contributed by atoms with van der Waals surface area (Å²) in [5.74, 6) is -4.07. The minimum absolute atomic E-state index is 0.0725. The molecule has 10 nitrogen and oxygen atoms in total. The number of carboxylic acid groups (broad SMARTS) is 1. The molecule has 19 heteroatoms. The summed E-state index contributed by atoms with van der Waals surface area (Å²) in [5, 5.41) is 23.5. The molecule has 2 N–H and O–H groups in total. The van der Waals surface area contributed by atoms with Crippen molar-refractivity contribution in [1.29, 1.82) is 5.41 Å². The number of hydrogen-bond acceptors (Lipinski definition) is 7. The number of Topliss-reactive ketones (excluding diaryl/α,β-unsaturated/α-hetero) is 1. The largest absolute Gasteiger partial charge is 0.497 e. The highest BCUT2D eigenvalue weighted by atomic mass is 32.5. The lowest BCUT2D eigenvalue weighted by Crippen LogP contribution is -2.26. The molecule has 0 spiro atoms. The van der Waals surface area contributed by atoms with Crippen molar-refractivity contribution in [3.63, 3.8) is 0 Å². The van der Waals surface area contributed by atoms with Crippen molar-refractivity contribution in [3.05, 3.63) is 40.5 Å². The number of aromatic nitrogens is 4. The number of aliphatic carboxylic acids is 1. The molecule has 0 fully saturated rings. The Kier molecular flexibility index (Phi) is 7.29. The summed E-state index contributed by atoms with van der Waals surface area (Å²) in [5.41, 5.74) is 0.461. The molecule has 0 aliphatic carbocycles. The molecule has 0 aliphatic heterocycles. The molecule has 0 bridgehead atoms. The minimum atomic E-state index is -10.1. The van der Waals surface area contributed by atoms with E-state index in [-0.39, 0.29) is 29.3 Å². The smallest absolute Gasteiger partial charge is 0.490 e. The fourth-order valence-electron chi connectivity index (χ4n) is 2.84. The summed E-state index contributed by atoms with van der Waals surface area (Å²) in [4.78, 5) is 19.3. The molecule has 0 saturated carbocycles. The second-order valence-electron chi connectivity index (χ2n) is 7.57. The number of nitrogens with zero attached hydrogens (tertiary/aromatic N) is 4. The quantitative estimate of drug-likeness (QED) is 0.315. The van der Waals surface area contributed by atoms with Crippen molar-refractivity contribution in [2.75, 3.05) is 14.2 Å². The van der Waals surface area contributed by atoms with Crippen LogP contribution in [0.15, 0.2) is 23.1 Å². The van der Waals surface area contributed by atoms with Crippen molar-refractivity contribution in [2.45, 2.75) is 31.5 Å². The average Bonchev–Trinajstić information content (AvgIpc) is 3.09. The van der Waals surface area contributed by atoms with Crippen LogP contribution in [0.3, 0.4) is 0 Å². The van der Waals surface area contributed by atoms with Gasteiger partial charge in [0.15, 0.2) is 11.4 Å². The lowest BCUT2D eigenvalue weighted by molar-refractivity contribution is -0.192. The van der Waals surface area contributed by atoms with E-state index in [4.69, 9.17) is 20.0 Å². The van der Waals surface area contributed by atoms with Crippen molar-refractivity contribution < 1.29 is 56.8 Å². The summed E-state index contributed by atoms with van der Waals surface area (Å²) < 4.78 is 110. The van der Waals surface area contributed by atoms with Crippen LogP contribution in [0.2, 0.25) is 0 Å². The van der Waals surface area contributed by atoms with Crippen molar-refractivity contribution in [2.24, 2.45) is 0 Å². The molecule has 0 amide bonds. The molecule has 3 rings (SSSR count). The van der Waals surface area contributed by atoms with E-state index in [1.165, 1.54) is 7.11 Å². The maximum Gasteiger partial charge on any atom is 0.490 e. The van der Waals surface area contributed by atoms with E-state index in [9.17, 15) is 37.4 Å². The number of halogens is 8. The number of rotatable bonds is 6. The van der Waals surface area contributed by atoms with E-state index in [2.05, 4.69) is 14.9 Å². The van der Waals surface area contributed by atoms with E-state index in [1.54, 1.807) is 13.8 Å². The second kappa shape index (κ2) is 9.14. The Labute approximate surface area is 207 Å². The fourth-order valence-corrected chi connectivity index (χ4v) is 3.53. The SMILES string of the molecule is COc1cc(C(=O)Cn2nc3c(C)c(C)c(OC)nn3c2=N)cc(S(F)(F)(F)(F)F)c1.O=C(O)C(F)(F)F. The van der Waals surface area contributed by atoms with Crippen LogP contribution in [0.4, 0.5) is 32.6 Å². The van der Waals surface area contributed by atoms with Gasteiger partial charge in [0.2, 0.25) is 11.5 Å². The molecule has 3 aromatic rings. The van der Waals surface area contributed by atoms with Crippen LogP contribution >= 0.6 is 10.2 Å². The molecular formula is C19H19F8N5O5S. The predicted octanol–water partition coefficient (Wildman–Crippen LogP) is 4.82. The van der Waals surface area contributed by atoms with E-state index < -0.39 is 50.9 Å². The summed E-state index contributed by atoms with van der Waals surface area (Å²) in [7, 11) is -7.68. The first-order valence-electron chi connectivity index (χ1n) is 9.82. The molecule has 0 saturated heterocycles. The lowest BCUT2D eigenvalue weighted by Gasteiger charge is -2.40. The molecule has 0 unspecified atom stereocenters. The van der Waals surface area contributed by atoms with Crippen molar-refractivity contribution in [1.82, 2.24) is 19.4 Å². The van der Waals surface area contributed by atoms with Gasteiger partial charge in [0.05, 0.1) is 14.2 Å². The second-order valence-corrected chi connectivity index (χ2v) is 9.98. The van der Waals surface area contributed by atoms with Crippen LogP contribution in [0.1, 0.15) is 21.5 Å². The van der Waals surface area contributed by atoms with Crippen LogP contribution in [0, 0.1) is 19.3 Å². The molecule has 0 atom stereocenters. The third-order valence-corrected chi connectivity index (χ3v) is 6.01. The molecule has 0 radical (unpaired) electrons. The van der Waals surface area contributed by atoms with Crippen LogP contribution in [0.25, 0.3) is 5.65 Å². The summed E-state index contributed by atoms with van der Waals surface area (Å²) in [6, 6.07) is 1.11. The Morgan fingerprint density at radius 2 is 1.55 bits per heavy atom. The van der Waals surface area contributed by atoms with Gasteiger partial charge in [0.1, 0.15) is 17.2 Å². The number of aryl methyl sites for hydroxylation is 1. The van der Waals surface area contributed by atoms with Gasteiger partial charge in [-0.05, 0) is 26.0 Å². The van der Waals surface area contributed by atoms with Gasteiger partial charge < -0.3 is 14.6 Å². The van der Waals surface area contributed by atoms with E-state index in [0.29, 0.717) is 11.1 Å². The zero-order valence-corrected chi connectivity index (χ0v) is 20.6. The van der Waals surface area contributed by atoms with Gasteiger partial charge in [0, 0.05) is 22.8 Å². The number of fused-ring (bicyclic) bond motifs is 1. The Balaban J connectivity index is 0.000000638. The van der Waals surface area contributed by atoms with E-state index >= 15 is 0 Å². The fraction of sp³-hybridized carbons (Fsp3) is 0.316. The number of carbonyl (C=O) groups is 2. The van der Waals surface area contributed by atoms with Gasteiger partial charge in [0.25, 0.3) is 0 Å². The Morgan fingerprint density at radius 1 is 1.00 bits per heavy atom. The highest BCUT2D eigenvalue weighted by Crippen LogP contribution is 3.02. The first kappa shape index (κ1) is 30.3. The van der Waals surface area contributed by atoms with Crippen LogP contribution in [-0.4, -0.2) is 56.6 Å². The van der Waals surface area contributed by atoms with Gasteiger partial charge in [-0.3, -0.25) is 10.2 Å². The highest BCUT2D eigenvalue weighted by Gasteiger charge is 2.65. The zero-order chi connectivity index (χ0) is 29.5. The standard InChI is InChI=1S/C17H18F5N5O3S.C2HF3O2/c1-9-10(2)16(30-4)25-27-15(9)24-26(17(27)23)8-14(28)11-5-12(29-3)7-13(6-11)31(18,19,20,21)22;3-2(4,5)1(6)7/h5-7,23H,8H2,1-4H3;(H,6,7). The zero-order valence-electron chi connectivity index (χ0n) is 19.7. The van der Waals surface area contributed by atoms with Gasteiger partial charge >= 0.3 is 22.4 Å². The van der Waals surface area contributed by atoms with Gasteiger partial charge in [-0.1, -0.05) is 19.4 Å². The Bertz CT molecular complexity index is 1480. The van der Waals surface area contributed by atoms with E-state index in [1.807, 2.05) is 0 Å². The molecule has 0 aliphatic rings. The molecule has 212 valence electrons. The van der Waals surface area contributed by atoms with Gasteiger partial charge in [-0.15, -0.1) is 10.2 Å². The van der Waals surface area contributed by atoms with Crippen molar-refractivity contribution in [3.8, 4) is 11.6 Å². The highest BCUT2D eigenvalue weighted by molar-refractivity contribution is 8.45. The topological polar surface area (TPSA) is 132 Å². The first-order valence-corrected chi connectivity index (χ1v) is 11.8. The molecular weight excluding hydrogens is 562 g/mol. The lowest BCUT2D eigenvalue weighted by atomic mass is 10.1. The third-order valence-electron chi connectivity index (χ3n) is 4.88. The average molecular weight is 581 g/mol. The predicted molar refractivity (Wildman–Crippen MR) is 115 cm³/mol. The number of ether oxygens (including phenoxy) is 2. The Hall–Kier alpha value is -3.90.